The van der Waals surface area contributed by atoms with Crippen LogP contribution in [0.3, 0.4) is 0 Å². The highest BCUT2D eigenvalue weighted by atomic mass is 16.5. The summed E-state index contributed by atoms with van der Waals surface area (Å²) in [4.78, 5) is 49.0. The van der Waals surface area contributed by atoms with Gasteiger partial charge in [-0.1, -0.05) is 26.3 Å². The molecule has 0 saturated heterocycles. The van der Waals surface area contributed by atoms with E-state index < -0.39 is 17.2 Å². The summed E-state index contributed by atoms with van der Waals surface area (Å²) in [5, 5.41) is 4.25. The van der Waals surface area contributed by atoms with E-state index >= 15 is 0 Å². The second-order valence-electron chi connectivity index (χ2n) is 7.94. The number of ether oxygens (including phenoxy) is 1. The van der Waals surface area contributed by atoms with Gasteiger partial charge in [-0.05, 0) is 31.9 Å². The number of esters is 1. The summed E-state index contributed by atoms with van der Waals surface area (Å²) < 4.78 is 10.3. The minimum Gasteiger partial charge on any atom is -0.454 e. The van der Waals surface area contributed by atoms with Crippen molar-refractivity contribution < 1.29 is 9.53 Å². The molecular weight excluding hydrogens is 438 g/mol. The second kappa shape index (κ2) is 9.86. The number of unbranched alkanes of at least 4 members (excludes halogenated alkanes) is 1. The first kappa shape index (κ1) is 23.1. The Morgan fingerprint density at radius 2 is 1.94 bits per heavy atom. The molecule has 0 aromatic carbocycles. The van der Waals surface area contributed by atoms with Gasteiger partial charge in [0.1, 0.15) is 18.0 Å². The van der Waals surface area contributed by atoms with Crippen molar-refractivity contribution in [3.63, 3.8) is 0 Å². The van der Waals surface area contributed by atoms with Gasteiger partial charge in [0.2, 0.25) is 0 Å². The summed E-state index contributed by atoms with van der Waals surface area (Å²) in [5.74, 6) is 0.432. The molecule has 0 aliphatic heterocycles. The van der Waals surface area contributed by atoms with Crippen LogP contribution in [0.25, 0.3) is 17.0 Å². The van der Waals surface area contributed by atoms with Gasteiger partial charge in [0.05, 0.1) is 11.9 Å². The Morgan fingerprint density at radius 1 is 1.12 bits per heavy atom. The molecule has 0 atom stereocenters. The number of carbonyl (C=O) groups excluding carboxylic acids is 1. The third-order valence-electron chi connectivity index (χ3n) is 5.58. The number of rotatable bonds is 9. The van der Waals surface area contributed by atoms with Crippen LogP contribution in [-0.2, 0) is 24.4 Å². The van der Waals surface area contributed by atoms with Crippen LogP contribution >= 0.6 is 0 Å². The maximum absolute atomic E-state index is 12.8. The van der Waals surface area contributed by atoms with E-state index in [0.717, 1.165) is 19.3 Å². The van der Waals surface area contributed by atoms with E-state index in [4.69, 9.17) is 4.74 Å². The number of fused-ring (bicyclic) bond motifs is 1. The van der Waals surface area contributed by atoms with Crippen LogP contribution < -0.4 is 11.2 Å². The number of aryl methyl sites for hydroxylation is 2. The molecule has 4 aromatic rings. The molecule has 34 heavy (non-hydrogen) atoms. The number of H-pyrrole nitrogens is 1. The van der Waals surface area contributed by atoms with Crippen molar-refractivity contribution >= 4 is 17.1 Å². The molecule has 0 amide bonds. The third kappa shape index (κ3) is 4.28. The zero-order chi connectivity index (χ0) is 24.2. The van der Waals surface area contributed by atoms with E-state index in [1.54, 1.807) is 34.5 Å². The number of nitrogens with zero attached hydrogens (tertiary/aromatic N) is 6. The van der Waals surface area contributed by atoms with Crippen molar-refractivity contribution in [1.29, 1.82) is 0 Å². The highest BCUT2D eigenvalue weighted by molar-refractivity contribution is 5.90. The van der Waals surface area contributed by atoms with Gasteiger partial charge >= 0.3 is 11.7 Å². The molecule has 0 radical (unpaired) electrons. The van der Waals surface area contributed by atoms with Crippen molar-refractivity contribution in [2.24, 2.45) is 0 Å². The van der Waals surface area contributed by atoms with E-state index in [0.29, 0.717) is 47.2 Å². The van der Waals surface area contributed by atoms with Gasteiger partial charge in [-0.2, -0.15) is 5.10 Å². The van der Waals surface area contributed by atoms with Gasteiger partial charge < -0.3 is 9.30 Å². The predicted molar refractivity (Wildman–Crippen MR) is 125 cm³/mol. The minimum atomic E-state index is -0.563. The highest BCUT2D eigenvalue weighted by Gasteiger charge is 2.21. The smallest absolute Gasteiger partial charge is 0.342 e. The van der Waals surface area contributed by atoms with Crippen LogP contribution in [0.4, 0.5) is 0 Å². The molecule has 0 unspecified atom stereocenters. The maximum atomic E-state index is 12.8. The van der Waals surface area contributed by atoms with Crippen LogP contribution in [0.15, 0.2) is 40.2 Å². The first-order valence-electron chi connectivity index (χ1n) is 11.3. The Labute approximate surface area is 195 Å². The maximum Gasteiger partial charge on any atom is 0.342 e. The van der Waals surface area contributed by atoms with Crippen LogP contribution in [0.2, 0.25) is 0 Å². The first-order valence-corrected chi connectivity index (χ1v) is 11.3. The molecular formula is C23H27N7O4. The predicted octanol–water partition coefficient (Wildman–Crippen LogP) is 2.34. The number of imidazole rings is 1. The van der Waals surface area contributed by atoms with Crippen molar-refractivity contribution in [1.82, 2.24) is 33.9 Å². The number of aromatic amines is 1. The Hall–Kier alpha value is -4.02. The minimum absolute atomic E-state index is 0.150. The third-order valence-corrected chi connectivity index (χ3v) is 5.58. The van der Waals surface area contributed by atoms with Crippen molar-refractivity contribution in [3.05, 3.63) is 68.5 Å². The van der Waals surface area contributed by atoms with Crippen molar-refractivity contribution in [2.45, 2.75) is 59.7 Å². The number of pyridine rings is 1. The lowest BCUT2D eigenvalue weighted by Gasteiger charge is -2.08. The first-order chi connectivity index (χ1) is 16.5. The van der Waals surface area contributed by atoms with E-state index in [1.165, 1.54) is 10.8 Å². The van der Waals surface area contributed by atoms with Crippen LogP contribution in [0, 0.1) is 6.92 Å². The van der Waals surface area contributed by atoms with Crippen molar-refractivity contribution in [2.75, 3.05) is 0 Å². The molecule has 11 heteroatoms. The Bertz CT molecular complexity index is 1430. The van der Waals surface area contributed by atoms with Gasteiger partial charge in [-0.25, -0.2) is 24.2 Å². The standard InChI is InChI=1S/C23H27N7O4/c1-4-6-12-29-20-19(21(31)27-23(29)33)28(11-5-2)18(26-20)14-34-22(32)16-13-25-30(15(16)3)17-9-7-8-10-24-17/h7-10,13H,4-6,11-12,14H2,1-3H3,(H,27,31,33). The summed E-state index contributed by atoms with van der Waals surface area (Å²) in [7, 11) is 0. The zero-order valence-corrected chi connectivity index (χ0v) is 19.4. The van der Waals surface area contributed by atoms with E-state index in [-0.39, 0.29) is 6.61 Å². The fourth-order valence-electron chi connectivity index (χ4n) is 3.84. The Morgan fingerprint density at radius 3 is 2.65 bits per heavy atom. The largest absolute Gasteiger partial charge is 0.454 e. The van der Waals surface area contributed by atoms with E-state index in [2.05, 4.69) is 20.1 Å². The Kier molecular flexibility index (Phi) is 6.71. The molecule has 0 fully saturated rings. The normalized spacial score (nSPS) is 11.3. The molecule has 4 rings (SSSR count). The fraction of sp³-hybridized carbons (Fsp3) is 0.391. The van der Waals surface area contributed by atoms with Gasteiger partial charge in [0.25, 0.3) is 5.56 Å². The zero-order valence-electron chi connectivity index (χ0n) is 19.4. The molecule has 1 N–H and O–H groups in total. The summed E-state index contributed by atoms with van der Waals surface area (Å²) in [6.45, 7) is 6.54. The number of carbonyl (C=O) groups is 1. The molecule has 0 spiro atoms. The topological polar surface area (TPSA) is 130 Å². The lowest BCUT2D eigenvalue weighted by Crippen LogP contribution is -2.31. The molecule has 178 valence electrons. The summed E-state index contributed by atoms with van der Waals surface area (Å²) >= 11 is 0. The van der Waals surface area contributed by atoms with Gasteiger partial charge in [-0.3, -0.25) is 14.3 Å². The monoisotopic (exact) mass is 465 g/mol. The van der Waals surface area contributed by atoms with Crippen LogP contribution in [0.5, 0.6) is 0 Å². The Balaban J connectivity index is 1.65. The number of hydrogen-bond donors (Lipinski definition) is 1. The van der Waals surface area contributed by atoms with Crippen LogP contribution in [0.1, 0.15) is 55.0 Å². The van der Waals surface area contributed by atoms with Gasteiger partial charge in [0.15, 0.2) is 17.0 Å². The molecule has 4 aromatic heterocycles. The number of hydrogen-bond acceptors (Lipinski definition) is 7. The molecule has 0 aliphatic rings. The van der Waals surface area contributed by atoms with E-state index in [1.807, 2.05) is 19.9 Å². The van der Waals surface area contributed by atoms with E-state index in [9.17, 15) is 14.4 Å². The molecule has 0 saturated carbocycles. The lowest BCUT2D eigenvalue weighted by atomic mass is 10.2. The quantitative estimate of drug-likeness (QED) is 0.376. The summed E-state index contributed by atoms with van der Waals surface area (Å²) in [5.41, 5.74) is 0.521. The van der Waals surface area contributed by atoms with Crippen molar-refractivity contribution in [3.8, 4) is 5.82 Å². The molecule has 4 heterocycles. The van der Waals surface area contributed by atoms with Crippen LogP contribution in [-0.4, -0.2) is 39.8 Å². The second-order valence-corrected chi connectivity index (χ2v) is 7.94. The fourth-order valence-corrected chi connectivity index (χ4v) is 3.84. The molecule has 11 nitrogen and oxygen atoms in total. The average molecular weight is 466 g/mol. The number of nitrogens with one attached hydrogen (secondary N) is 1. The number of aromatic nitrogens is 7. The summed E-state index contributed by atoms with van der Waals surface area (Å²) in [6.07, 6.45) is 5.48. The summed E-state index contributed by atoms with van der Waals surface area (Å²) in [6, 6.07) is 5.42. The average Bonchev–Trinajstić information content (AvgIpc) is 3.39. The SMILES string of the molecule is CCCCn1c(=O)[nH]c(=O)c2c1nc(COC(=O)c1cnn(-c3ccccn3)c1C)n2CCC. The lowest BCUT2D eigenvalue weighted by molar-refractivity contribution is 0.0457. The molecule has 0 aliphatic carbocycles. The van der Waals surface area contributed by atoms with Gasteiger partial charge in [-0.15, -0.1) is 0 Å². The highest BCUT2D eigenvalue weighted by Crippen LogP contribution is 2.17. The molecule has 0 bridgehead atoms. The van der Waals surface area contributed by atoms with Gasteiger partial charge in [0, 0.05) is 19.3 Å².